The van der Waals surface area contributed by atoms with Gasteiger partial charge in [-0.15, -0.1) is 0 Å². The first kappa shape index (κ1) is 29.7. The molecule has 1 aromatic carbocycles. The van der Waals surface area contributed by atoms with Gasteiger partial charge in [0.15, 0.2) is 22.7 Å². The van der Waals surface area contributed by atoms with Gasteiger partial charge in [-0.1, -0.05) is 19.4 Å². The lowest BCUT2D eigenvalue weighted by Gasteiger charge is -2.22. The van der Waals surface area contributed by atoms with Gasteiger partial charge in [0.2, 0.25) is 5.95 Å². The van der Waals surface area contributed by atoms with Crippen molar-refractivity contribution < 1.29 is 37.3 Å². The molecule has 13 nitrogen and oxygen atoms in total. The number of nitrogens with one attached hydrogen (secondary N) is 1. The summed E-state index contributed by atoms with van der Waals surface area (Å²) in [6.45, 7) is 1.93. The van der Waals surface area contributed by atoms with Crippen LogP contribution in [-0.2, 0) is 36.2 Å². The molecule has 0 aliphatic heterocycles. The Bertz CT molecular complexity index is 1290. The van der Waals surface area contributed by atoms with Crippen molar-refractivity contribution in [1.29, 1.82) is 0 Å². The highest BCUT2D eigenvalue weighted by Gasteiger charge is 2.27. The highest BCUT2D eigenvalue weighted by atomic mass is 31.2. The summed E-state index contributed by atoms with van der Waals surface area (Å²) < 4.78 is 56.3. The van der Waals surface area contributed by atoms with E-state index in [1.54, 1.807) is 10.6 Å². The molecule has 3 aromatic rings. The number of H-pyrrole nitrogens is 1. The minimum absolute atomic E-state index is 0.0458. The monoisotopic (exact) mass is 557 g/mol. The van der Waals surface area contributed by atoms with Crippen molar-refractivity contribution in [2.45, 2.75) is 39.0 Å². The number of hydrogen-bond acceptors (Lipinski definition) is 11. The Morgan fingerprint density at radius 2 is 2.11 bits per heavy atom. The van der Waals surface area contributed by atoms with Crippen molar-refractivity contribution in [3.63, 3.8) is 0 Å². The number of benzene rings is 1. The van der Waals surface area contributed by atoms with Gasteiger partial charge in [-0.25, -0.2) is 9.37 Å². The van der Waals surface area contributed by atoms with E-state index in [0.717, 1.165) is 12.8 Å². The van der Waals surface area contributed by atoms with Gasteiger partial charge in [-0.05, 0) is 24.1 Å². The number of aliphatic hydroxyl groups is 1. The summed E-state index contributed by atoms with van der Waals surface area (Å²) >= 11 is 0. The van der Waals surface area contributed by atoms with Crippen LogP contribution in [0.5, 0.6) is 5.75 Å². The van der Waals surface area contributed by atoms with Gasteiger partial charge in [0.05, 0.1) is 39.9 Å². The van der Waals surface area contributed by atoms with E-state index in [9.17, 15) is 18.9 Å². The maximum Gasteiger partial charge on any atom is 0.356 e. The van der Waals surface area contributed by atoms with Crippen molar-refractivity contribution in [3.05, 3.63) is 46.3 Å². The van der Waals surface area contributed by atoms with Crippen molar-refractivity contribution in [2.75, 3.05) is 45.6 Å². The third-order valence-corrected chi connectivity index (χ3v) is 6.94. The summed E-state index contributed by atoms with van der Waals surface area (Å²) in [7, 11) is -2.53. The standard InChI is InChI=1S/C23H33FN5O8P/c1-3-4-8-35-17(11-30)13-37-38(32,36-12-16-5-6-19(33-2)18(24)10-16)15-34-9-7-29-14-26-20-21(29)27-23(25)28-22(20)31/h5-6,10,14,17,30H,3-4,7-9,11-13,15H2,1-2H3,(H3,25,27,28,31). The molecule has 3 rings (SSSR count). The van der Waals surface area contributed by atoms with E-state index in [-0.39, 0.29) is 55.8 Å². The topological polar surface area (TPSA) is 173 Å². The Labute approximate surface area is 218 Å². The van der Waals surface area contributed by atoms with Crippen molar-refractivity contribution in [2.24, 2.45) is 0 Å². The third kappa shape index (κ3) is 8.32. The molecule has 15 heteroatoms. The van der Waals surface area contributed by atoms with Crippen molar-refractivity contribution >= 4 is 24.7 Å². The molecule has 2 unspecified atom stereocenters. The lowest BCUT2D eigenvalue weighted by Crippen LogP contribution is -2.24. The second-order valence-electron chi connectivity index (χ2n) is 8.28. The average molecular weight is 558 g/mol. The van der Waals surface area contributed by atoms with E-state index in [1.807, 2.05) is 6.92 Å². The Kier molecular flexibility index (Phi) is 11.2. The molecule has 210 valence electrons. The number of unbranched alkanes of at least 4 members (excludes halogenated alkanes) is 1. The van der Waals surface area contributed by atoms with Gasteiger partial charge in [-0.3, -0.25) is 14.3 Å². The highest BCUT2D eigenvalue weighted by molar-refractivity contribution is 7.53. The summed E-state index contributed by atoms with van der Waals surface area (Å²) in [6.07, 6.45) is 1.99. The number of methoxy groups -OCH3 is 1. The number of aliphatic hydroxyl groups excluding tert-OH is 1. The summed E-state index contributed by atoms with van der Waals surface area (Å²) in [4.78, 5) is 22.4. The van der Waals surface area contributed by atoms with Crippen LogP contribution in [0.4, 0.5) is 10.3 Å². The van der Waals surface area contributed by atoms with E-state index in [2.05, 4.69) is 15.0 Å². The number of halogens is 1. The number of nitrogen functional groups attached to an aromatic ring is 1. The molecule has 0 spiro atoms. The highest BCUT2D eigenvalue weighted by Crippen LogP contribution is 2.49. The zero-order valence-corrected chi connectivity index (χ0v) is 22.2. The Balaban J connectivity index is 1.63. The molecule has 0 saturated heterocycles. The SMILES string of the molecule is CCCCOC(CO)COP(=O)(COCCn1cnc2c(=O)[nH]c(N)nc21)OCc1ccc(OC)c(F)c1. The number of imidazole rings is 1. The van der Waals surface area contributed by atoms with Crippen LogP contribution in [0.25, 0.3) is 11.2 Å². The molecule has 0 amide bonds. The van der Waals surface area contributed by atoms with E-state index < -0.39 is 31.4 Å². The van der Waals surface area contributed by atoms with Gasteiger partial charge in [0.1, 0.15) is 12.5 Å². The van der Waals surface area contributed by atoms with Crippen LogP contribution in [0.15, 0.2) is 29.3 Å². The number of anilines is 1. The lowest BCUT2D eigenvalue weighted by molar-refractivity contribution is -0.0199. The summed E-state index contributed by atoms with van der Waals surface area (Å²) in [5.74, 6) is -0.575. The van der Waals surface area contributed by atoms with Crippen LogP contribution in [0.1, 0.15) is 25.3 Å². The van der Waals surface area contributed by atoms with Crippen LogP contribution in [0.2, 0.25) is 0 Å². The fraction of sp³-hybridized carbons (Fsp3) is 0.522. The third-order valence-electron chi connectivity index (χ3n) is 5.38. The number of fused-ring (bicyclic) bond motifs is 1. The molecule has 2 heterocycles. The van der Waals surface area contributed by atoms with E-state index in [4.69, 9.17) is 29.0 Å². The zero-order chi connectivity index (χ0) is 27.5. The zero-order valence-electron chi connectivity index (χ0n) is 21.3. The first-order valence-corrected chi connectivity index (χ1v) is 13.7. The second-order valence-corrected chi connectivity index (χ2v) is 10.3. The van der Waals surface area contributed by atoms with Gasteiger partial charge < -0.3 is 38.7 Å². The molecular formula is C23H33FN5O8P. The summed E-state index contributed by atoms with van der Waals surface area (Å²) in [5.41, 5.74) is 5.96. The van der Waals surface area contributed by atoms with Gasteiger partial charge >= 0.3 is 7.60 Å². The second kappa shape index (κ2) is 14.3. The number of hydrogen-bond donors (Lipinski definition) is 3. The Morgan fingerprint density at radius 3 is 2.82 bits per heavy atom. The van der Waals surface area contributed by atoms with E-state index in [1.165, 1.54) is 25.6 Å². The maximum absolute atomic E-state index is 14.1. The predicted molar refractivity (Wildman–Crippen MR) is 136 cm³/mol. The number of rotatable bonds is 17. The summed E-state index contributed by atoms with van der Waals surface area (Å²) in [5, 5.41) is 9.59. The molecule has 0 radical (unpaired) electrons. The molecule has 0 bridgehead atoms. The molecule has 4 N–H and O–H groups in total. The largest absolute Gasteiger partial charge is 0.494 e. The number of aromatic nitrogens is 4. The molecule has 0 aliphatic carbocycles. The molecule has 0 aliphatic rings. The normalized spacial score (nSPS) is 14.0. The first-order chi connectivity index (χ1) is 18.3. The molecule has 2 aromatic heterocycles. The van der Waals surface area contributed by atoms with Crippen molar-refractivity contribution in [1.82, 2.24) is 19.5 Å². The average Bonchev–Trinajstić information content (AvgIpc) is 3.30. The molecule has 0 saturated carbocycles. The van der Waals surface area contributed by atoms with E-state index >= 15 is 0 Å². The number of nitrogens with zero attached hydrogens (tertiary/aromatic N) is 3. The minimum atomic E-state index is -3.88. The summed E-state index contributed by atoms with van der Waals surface area (Å²) in [6, 6.07) is 4.21. The molecule has 38 heavy (non-hydrogen) atoms. The molecule has 2 atom stereocenters. The van der Waals surface area contributed by atoms with Crippen LogP contribution >= 0.6 is 7.60 Å². The number of nitrogens with two attached hydrogens (primary N) is 1. The number of aromatic amines is 1. The first-order valence-electron chi connectivity index (χ1n) is 12.0. The molecule has 0 fully saturated rings. The lowest BCUT2D eigenvalue weighted by atomic mass is 10.2. The van der Waals surface area contributed by atoms with Gasteiger partial charge in [0, 0.05) is 13.2 Å². The van der Waals surface area contributed by atoms with E-state index in [0.29, 0.717) is 12.2 Å². The predicted octanol–water partition coefficient (Wildman–Crippen LogP) is 2.43. The number of ether oxygens (including phenoxy) is 3. The Morgan fingerprint density at radius 1 is 1.29 bits per heavy atom. The van der Waals surface area contributed by atoms with Crippen molar-refractivity contribution in [3.8, 4) is 5.75 Å². The minimum Gasteiger partial charge on any atom is -0.494 e. The fourth-order valence-corrected chi connectivity index (χ4v) is 4.62. The van der Waals surface area contributed by atoms with Gasteiger partial charge in [0.25, 0.3) is 5.56 Å². The Hall–Kier alpha value is -2.87. The quantitative estimate of drug-likeness (QED) is 0.164. The fourth-order valence-electron chi connectivity index (χ4n) is 3.30. The molecular weight excluding hydrogens is 524 g/mol. The maximum atomic E-state index is 14.1. The smallest absolute Gasteiger partial charge is 0.356 e. The van der Waals surface area contributed by atoms with Crippen LogP contribution in [0.3, 0.4) is 0 Å². The van der Waals surface area contributed by atoms with Gasteiger partial charge in [-0.2, -0.15) is 4.98 Å². The van der Waals surface area contributed by atoms with Crippen LogP contribution in [0, 0.1) is 5.82 Å². The van der Waals surface area contributed by atoms with Crippen LogP contribution < -0.4 is 16.0 Å². The van der Waals surface area contributed by atoms with Crippen LogP contribution in [-0.4, -0.2) is 70.6 Å².